The molecule has 1 aliphatic rings. The molecule has 0 saturated carbocycles. The molecule has 200 valence electrons. The number of fused-ring (bicyclic) bond motifs is 1. The molecule has 6 heteroatoms. The van der Waals surface area contributed by atoms with Crippen LogP contribution in [-0.2, 0) is 16.2 Å². The molecule has 5 aromatic carbocycles. The first-order valence-electron chi connectivity index (χ1n) is 13.3. The van der Waals surface area contributed by atoms with Gasteiger partial charge in [-0.2, -0.15) is 0 Å². The fourth-order valence-corrected chi connectivity index (χ4v) is 4.88. The number of benzene rings is 5. The number of ether oxygens (including phenoxy) is 1. The molecule has 41 heavy (non-hydrogen) atoms. The molecule has 1 heterocycles. The van der Waals surface area contributed by atoms with Gasteiger partial charge in [0.05, 0.1) is 11.4 Å². The summed E-state index contributed by atoms with van der Waals surface area (Å²) >= 11 is 0. The molecule has 1 aliphatic heterocycles. The van der Waals surface area contributed by atoms with Gasteiger partial charge >= 0.3 is 6.03 Å². The highest BCUT2D eigenvalue weighted by atomic mass is 16.5. The van der Waals surface area contributed by atoms with Gasteiger partial charge < -0.3 is 4.74 Å². The van der Waals surface area contributed by atoms with E-state index in [0.29, 0.717) is 29.3 Å². The first-order valence-corrected chi connectivity index (χ1v) is 13.3. The van der Waals surface area contributed by atoms with Crippen LogP contribution < -0.4 is 14.5 Å². The lowest BCUT2D eigenvalue weighted by Crippen LogP contribution is -2.57. The molecule has 0 aliphatic carbocycles. The van der Waals surface area contributed by atoms with Gasteiger partial charge in [0.1, 0.15) is 17.9 Å². The smallest absolute Gasteiger partial charge is 0.343 e. The number of urea groups is 1. The van der Waals surface area contributed by atoms with Gasteiger partial charge in [-0.15, -0.1) is 0 Å². The van der Waals surface area contributed by atoms with Crippen LogP contribution in [0.4, 0.5) is 16.2 Å². The lowest BCUT2D eigenvalue weighted by molar-refractivity contribution is -0.121. The van der Waals surface area contributed by atoms with E-state index in [4.69, 9.17) is 4.74 Å². The van der Waals surface area contributed by atoms with Crippen LogP contribution in [0.15, 0.2) is 127 Å². The van der Waals surface area contributed by atoms with E-state index in [2.05, 4.69) is 0 Å². The number of imide groups is 2. The van der Waals surface area contributed by atoms with Crippen molar-refractivity contribution in [3.63, 3.8) is 0 Å². The number of nitrogens with zero attached hydrogens (tertiary/aromatic N) is 2. The third-order valence-electron chi connectivity index (χ3n) is 7.01. The molecule has 0 unspecified atom stereocenters. The van der Waals surface area contributed by atoms with Crippen molar-refractivity contribution in [1.82, 2.24) is 0 Å². The van der Waals surface area contributed by atoms with Crippen molar-refractivity contribution in [2.45, 2.75) is 13.5 Å². The van der Waals surface area contributed by atoms with Crippen LogP contribution in [0.5, 0.6) is 5.75 Å². The molecule has 1 fully saturated rings. The van der Waals surface area contributed by atoms with Gasteiger partial charge in [0.25, 0.3) is 11.8 Å². The molecular formula is C35H26N2O4. The Morgan fingerprint density at radius 2 is 1.20 bits per heavy atom. The maximum absolute atomic E-state index is 13.9. The number of carbonyl (C=O) groups is 3. The summed E-state index contributed by atoms with van der Waals surface area (Å²) in [5.74, 6) is -0.876. The largest absolute Gasteiger partial charge is 0.488 e. The number of para-hydroxylation sites is 2. The second-order valence-electron chi connectivity index (χ2n) is 9.77. The third kappa shape index (κ3) is 4.99. The van der Waals surface area contributed by atoms with Gasteiger partial charge in [-0.25, -0.2) is 14.6 Å². The van der Waals surface area contributed by atoms with Crippen LogP contribution in [-0.4, -0.2) is 17.8 Å². The number of aryl methyl sites for hydroxylation is 1. The summed E-state index contributed by atoms with van der Waals surface area (Å²) in [6.45, 7) is 2.33. The normalized spacial score (nSPS) is 13.6. The second-order valence-corrected chi connectivity index (χ2v) is 9.77. The molecule has 0 bridgehead atoms. The van der Waals surface area contributed by atoms with Gasteiger partial charge in [0.2, 0.25) is 0 Å². The van der Waals surface area contributed by atoms with E-state index in [1.165, 1.54) is 0 Å². The number of carbonyl (C=O) groups excluding carboxylic acids is 3. The van der Waals surface area contributed by atoms with E-state index in [-0.39, 0.29) is 5.57 Å². The zero-order valence-corrected chi connectivity index (χ0v) is 22.4. The van der Waals surface area contributed by atoms with E-state index < -0.39 is 17.8 Å². The molecule has 6 nitrogen and oxygen atoms in total. The molecule has 6 rings (SSSR count). The topological polar surface area (TPSA) is 66.9 Å². The Balaban J connectivity index is 1.50. The molecular weight excluding hydrogens is 512 g/mol. The molecule has 0 atom stereocenters. The maximum Gasteiger partial charge on any atom is 0.343 e. The van der Waals surface area contributed by atoms with E-state index in [0.717, 1.165) is 31.7 Å². The number of barbiturate groups is 1. The summed E-state index contributed by atoms with van der Waals surface area (Å²) in [5.41, 5.74) is 3.32. The number of amides is 4. The SMILES string of the molecule is Cc1ccc(COc2ccc3ccccc3c2C=C2C(=O)N(c3ccccc3)C(=O)N(c3ccccc3)C2=O)cc1. The molecule has 4 amide bonds. The third-order valence-corrected chi connectivity index (χ3v) is 7.01. The van der Waals surface area contributed by atoms with Crippen molar-refractivity contribution in [3.8, 4) is 5.75 Å². The average Bonchev–Trinajstić information content (AvgIpc) is 3.00. The number of hydrogen-bond acceptors (Lipinski definition) is 4. The maximum atomic E-state index is 13.9. The summed E-state index contributed by atoms with van der Waals surface area (Å²) in [4.78, 5) is 43.6. The van der Waals surface area contributed by atoms with Gasteiger partial charge in [0.15, 0.2) is 0 Å². The molecule has 0 N–H and O–H groups in total. The minimum absolute atomic E-state index is 0.145. The summed E-state index contributed by atoms with van der Waals surface area (Å²) < 4.78 is 6.27. The molecule has 0 aromatic heterocycles. The van der Waals surface area contributed by atoms with Crippen molar-refractivity contribution in [3.05, 3.63) is 144 Å². The van der Waals surface area contributed by atoms with E-state index in [1.54, 1.807) is 66.7 Å². The molecule has 0 radical (unpaired) electrons. The summed E-state index contributed by atoms with van der Waals surface area (Å²) in [6.07, 6.45) is 1.55. The Kier molecular flexibility index (Phi) is 6.88. The molecule has 1 saturated heterocycles. The minimum Gasteiger partial charge on any atom is -0.488 e. The van der Waals surface area contributed by atoms with Gasteiger partial charge in [-0.3, -0.25) is 9.59 Å². The summed E-state index contributed by atoms with van der Waals surface area (Å²) in [6, 6.07) is 36.0. The molecule has 0 spiro atoms. The Morgan fingerprint density at radius 1 is 0.634 bits per heavy atom. The van der Waals surface area contributed by atoms with E-state index >= 15 is 0 Å². The quantitative estimate of drug-likeness (QED) is 0.168. The highest BCUT2D eigenvalue weighted by Crippen LogP contribution is 2.34. The van der Waals surface area contributed by atoms with Crippen molar-refractivity contribution in [1.29, 1.82) is 0 Å². The summed E-state index contributed by atoms with van der Waals surface area (Å²) in [7, 11) is 0. The Bertz CT molecular complexity index is 1730. The van der Waals surface area contributed by atoms with Crippen molar-refractivity contribution in [2.75, 3.05) is 9.80 Å². The second kappa shape index (κ2) is 10.9. The minimum atomic E-state index is -0.733. The van der Waals surface area contributed by atoms with Crippen molar-refractivity contribution in [2.24, 2.45) is 0 Å². The Hall–Kier alpha value is -5.49. The van der Waals surface area contributed by atoms with Gasteiger partial charge in [-0.1, -0.05) is 96.6 Å². The number of anilines is 2. The predicted octanol–water partition coefficient (Wildman–Crippen LogP) is 7.31. The Morgan fingerprint density at radius 3 is 1.80 bits per heavy atom. The fraction of sp³-hybridized carbons (Fsp3) is 0.0571. The lowest BCUT2D eigenvalue weighted by Gasteiger charge is -2.34. The predicted molar refractivity (Wildman–Crippen MR) is 161 cm³/mol. The van der Waals surface area contributed by atoms with E-state index in [1.807, 2.05) is 67.6 Å². The van der Waals surface area contributed by atoms with Crippen LogP contribution in [0, 0.1) is 6.92 Å². The van der Waals surface area contributed by atoms with Gasteiger partial charge in [-0.05, 0) is 59.7 Å². The molecule has 5 aromatic rings. The standard InChI is InChI=1S/C35H26N2O4/c1-24-16-18-25(19-17-24)23-41-32-21-20-26-10-8-9-15-29(26)30(32)22-31-33(38)36(27-11-4-2-5-12-27)35(40)37(34(31)39)28-13-6-3-7-14-28/h2-22H,23H2,1H3. The van der Waals surface area contributed by atoms with Crippen LogP contribution in [0.1, 0.15) is 16.7 Å². The first kappa shape index (κ1) is 25.8. The van der Waals surface area contributed by atoms with E-state index in [9.17, 15) is 14.4 Å². The first-order chi connectivity index (χ1) is 20.0. The van der Waals surface area contributed by atoms with Crippen molar-refractivity contribution < 1.29 is 19.1 Å². The zero-order valence-electron chi connectivity index (χ0n) is 22.4. The highest BCUT2D eigenvalue weighted by Gasteiger charge is 2.43. The highest BCUT2D eigenvalue weighted by molar-refractivity contribution is 6.46. The number of hydrogen-bond donors (Lipinski definition) is 0. The Labute approximate surface area is 237 Å². The van der Waals surface area contributed by atoms with Crippen LogP contribution in [0.3, 0.4) is 0 Å². The average molecular weight is 539 g/mol. The monoisotopic (exact) mass is 538 g/mol. The zero-order chi connectivity index (χ0) is 28.3. The van der Waals surface area contributed by atoms with Gasteiger partial charge in [0, 0.05) is 5.56 Å². The van der Waals surface area contributed by atoms with Crippen LogP contribution >= 0.6 is 0 Å². The summed E-state index contributed by atoms with van der Waals surface area (Å²) in [5, 5.41) is 1.74. The lowest BCUT2D eigenvalue weighted by atomic mass is 9.99. The van der Waals surface area contributed by atoms with Crippen LogP contribution in [0.2, 0.25) is 0 Å². The van der Waals surface area contributed by atoms with Crippen molar-refractivity contribution >= 4 is 46.1 Å². The van der Waals surface area contributed by atoms with Crippen LogP contribution in [0.25, 0.3) is 16.8 Å². The number of rotatable bonds is 6. The fourth-order valence-electron chi connectivity index (χ4n) is 4.88.